The minimum Gasteiger partial charge on any atom is -0.492 e. The number of unbranched alkanes of at least 4 members (excludes halogenated alkanes) is 2. The van der Waals surface area contributed by atoms with Crippen molar-refractivity contribution in [1.82, 2.24) is 0 Å². The monoisotopic (exact) mass is 334 g/mol. The Morgan fingerprint density at radius 3 is 2.39 bits per heavy atom. The standard InChI is InChI=1S/C18H30N2O2Si/c1-18(2,3)23(4,5)22-13-8-6-7-12-21-17-11-9-10-16(20)15(17)14-19/h9-11H,6-8,12-13,20H2,1-5H3. The predicted molar refractivity (Wildman–Crippen MR) is 98.1 cm³/mol. The van der Waals surface area contributed by atoms with Crippen LogP contribution >= 0.6 is 0 Å². The van der Waals surface area contributed by atoms with Crippen LogP contribution in [0.25, 0.3) is 0 Å². The van der Waals surface area contributed by atoms with Crippen molar-refractivity contribution in [3.05, 3.63) is 23.8 Å². The van der Waals surface area contributed by atoms with Crippen molar-refractivity contribution in [2.75, 3.05) is 18.9 Å². The highest BCUT2D eigenvalue weighted by molar-refractivity contribution is 6.74. The summed E-state index contributed by atoms with van der Waals surface area (Å²) in [5.41, 5.74) is 6.65. The molecule has 0 atom stereocenters. The predicted octanol–water partition coefficient (Wildman–Crippen LogP) is 4.71. The number of hydrogen-bond acceptors (Lipinski definition) is 4. The van der Waals surface area contributed by atoms with E-state index in [1.807, 2.05) is 0 Å². The maximum absolute atomic E-state index is 9.09. The molecule has 0 amide bonds. The van der Waals surface area contributed by atoms with Crippen LogP contribution in [0.15, 0.2) is 18.2 Å². The molecule has 0 aliphatic rings. The first kappa shape index (κ1) is 19.5. The number of nitrogens with zero attached hydrogens (tertiary/aromatic N) is 1. The second-order valence-electron chi connectivity index (χ2n) is 7.35. The lowest BCUT2D eigenvalue weighted by Crippen LogP contribution is -2.40. The number of nitrogens with two attached hydrogens (primary N) is 1. The van der Waals surface area contributed by atoms with Crippen LogP contribution in [0.2, 0.25) is 18.1 Å². The third kappa shape index (κ3) is 5.89. The van der Waals surface area contributed by atoms with Gasteiger partial charge in [0, 0.05) is 6.61 Å². The third-order valence-electron chi connectivity index (χ3n) is 4.49. The number of nitriles is 1. The first-order valence-electron chi connectivity index (χ1n) is 8.24. The van der Waals surface area contributed by atoms with E-state index in [0.29, 0.717) is 23.6 Å². The summed E-state index contributed by atoms with van der Waals surface area (Å²) in [5, 5.41) is 9.35. The van der Waals surface area contributed by atoms with Crippen molar-refractivity contribution in [3.63, 3.8) is 0 Å². The van der Waals surface area contributed by atoms with E-state index in [0.717, 1.165) is 25.9 Å². The molecule has 0 saturated carbocycles. The molecule has 5 heteroatoms. The van der Waals surface area contributed by atoms with Crippen LogP contribution in [-0.2, 0) is 4.43 Å². The van der Waals surface area contributed by atoms with Crippen LogP contribution in [0.4, 0.5) is 5.69 Å². The van der Waals surface area contributed by atoms with E-state index in [1.165, 1.54) is 0 Å². The molecular formula is C18H30N2O2Si. The van der Waals surface area contributed by atoms with Gasteiger partial charge >= 0.3 is 0 Å². The minimum atomic E-state index is -1.63. The molecule has 128 valence electrons. The summed E-state index contributed by atoms with van der Waals surface area (Å²) >= 11 is 0. The number of hydrogen-bond donors (Lipinski definition) is 1. The summed E-state index contributed by atoms with van der Waals surface area (Å²) in [6.07, 6.45) is 3.04. The van der Waals surface area contributed by atoms with Gasteiger partial charge in [0.1, 0.15) is 17.4 Å². The zero-order valence-electron chi connectivity index (χ0n) is 15.1. The molecule has 0 heterocycles. The molecule has 0 spiro atoms. The van der Waals surface area contributed by atoms with E-state index in [1.54, 1.807) is 18.2 Å². The topological polar surface area (TPSA) is 68.3 Å². The maximum atomic E-state index is 9.09. The Balaban J connectivity index is 2.25. The van der Waals surface area contributed by atoms with Crippen LogP contribution in [0.5, 0.6) is 5.75 Å². The van der Waals surface area contributed by atoms with Gasteiger partial charge in [-0.25, -0.2) is 0 Å². The van der Waals surface area contributed by atoms with E-state index in [9.17, 15) is 0 Å². The Morgan fingerprint density at radius 1 is 1.13 bits per heavy atom. The van der Waals surface area contributed by atoms with Gasteiger partial charge in [-0.1, -0.05) is 26.8 Å². The molecule has 1 aromatic carbocycles. The van der Waals surface area contributed by atoms with Gasteiger partial charge in [0.25, 0.3) is 0 Å². The van der Waals surface area contributed by atoms with Crippen LogP contribution in [0.1, 0.15) is 45.6 Å². The highest BCUT2D eigenvalue weighted by Gasteiger charge is 2.36. The Bertz CT molecular complexity index is 545. The number of benzene rings is 1. The fourth-order valence-electron chi connectivity index (χ4n) is 1.89. The van der Waals surface area contributed by atoms with Gasteiger partial charge in [-0.05, 0) is 49.5 Å². The molecule has 0 unspecified atom stereocenters. The summed E-state index contributed by atoms with van der Waals surface area (Å²) in [6.45, 7) is 12.7. The summed E-state index contributed by atoms with van der Waals surface area (Å²) in [5.74, 6) is 0.574. The van der Waals surface area contributed by atoms with Crippen molar-refractivity contribution in [2.45, 2.75) is 58.2 Å². The fraction of sp³-hybridized carbons (Fsp3) is 0.611. The normalized spacial score (nSPS) is 12.0. The Hall–Kier alpha value is -1.51. The SMILES string of the molecule is CC(C)(C)[Si](C)(C)OCCCCCOc1cccc(N)c1C#N. The van der Waals surface area contributed by atoms with Crippen molar-refractivity contribution in [1.29, 1.82) is 5.26 Å². The highest BCUT2D eigenvalue weighted by Crippen LogP contribution is 2.36. The number of ether oxygens (including phenoxy) is 1. The first-order chi connectivity index (χ1) is 10.7. The first-order valence-corrected chi connectivity index (χ1v) is 11.2. The molecule has 0 aliphatic carbocycles. The van der Waals surface area contributed by atoms with Gasteiger partial charge in [-0.3, -0.25) is 0 Å². The number of rotatable bonds is 8. The van der Waals surface area contributed by atoms with Crippen LogP contribution in [0, 0.1) is 11.3 Å². The summed E-state index contributed by atoms with van der Waals surface area (Å²) in [4.78, 5) is 0. The van der Waals surface area contributed by atoms with Crippen LogP contribution in [0.3, 0.4) is 0 Å². The molecule has 0 radical (unpaired) electrons. The second kappa shape index (κ2) is 8.37. The molecule has 1 aromatic rings. The molecular weight excluding hydrogens is 304 g/mol. The molecule has 1 rings (SSSR count). The van der Waals surface area contributed by atoms with Crippen molar-refractivity contribution in [3.8, 4) is 11.8 Å². The molecule has 0 aromatic heterocycles. The van der Waals surface area contributed by atoms with Crippen molar-refractivity contribution in [2.24, 2.45) is 0 Å². The molecule has 0 aliphatic heterocycles. The van der Waals surface area contributed by atoms with Crippen LogP contribution in [-0.4, -0.2) is 21.5 Å². The molecule has 0 bridgehead atoms. The van der Waals surface area contributed by atoms with E-state index in [4.69, 9.17) is 20.2 Å². The summed E-state index contributed by atoms with van der Waals surface area (Å²) in [6, 6.07) is 7.39. The Labute approximate surface area is 141 Å². The average Bonchev–Trinajstić information content (AvgIpc) is 2.45. The highest BCUT2D eigenvalue weighted by atomic mass is 28.4. The molecule has 2 N–H and O–H groups in total. The van der Waals surface area contributed by atoms with Crippen molar-refractivity contribution >= 4 is 14.0 Å². The molecule has 0 fully saturated rings. The third-order valence-corrected chi connectivity index (χ3v) is 9.02. The summed E-state index contributed by atoms with van der Waals surface area (Å²) in [7, 11) is -1.63. The Kier molecular flexibility index (Phi) is 7.11. The van der Waals surface area contributed by atoms with E-state index >= 15 is 0 Å². The number of anilines is 1. The second-order valence-corrected chi connectivity index (χ2v) is 12.2. The Morgan fingerprint density at radius 2 is 1.78 bits per heavy atom. The average molecular weight is 335 g/mol. The lowest BCUT2D eigenvalue weighted by Gasteiger charge is -2.36. The largest absolute Gasteiger partial charge is 0.492 e. The summed E-state index contributed by atoms with van der Waals surface area (Å²) < 4.78 is 11.8. The zero-order valence-corrected chi connectivity index (χ0v) is 16.1. The van der Waals surface area contributed by atoms with Crippen molar-refractivity contribution < 1.29 is 9.16 Å². The number of nitrogen functional groups attached to an aromatic ring is 1. The van der Waals surface area contributed by atoms with Gasteiger partial charge in [0.2, 0.25) is 0 Å². The van der Waals surface area contributed by atoms with Gasteiger partial charge in [-0.2, -0.15) is 5.26 Å². The minimum absolute atomic E-state index is 0.261. The van der Waals surface area contributed by atoms with Gasteiger partial charge in [0.15, 0.2) is 8.32 Å². The lowest BCUT2D eigenvalue weighted by molar-refractivity contribution is 0.263. The molecule has 4 nitrogen and oxygen atoms in total. The smallest absolute Gasteiger partial charge is 0.191 e. The van der Waals surface area contributed by atoms with E-state index in [2.05, 4.69) is 39.9 Å². The maximum Gasteiger partial charge on any atom is 0.191 e. The lowest BCUT2D eigenvalue weighted by atomic mass is 10.2. The van der Waals surface area contributed by atoms with Gasteiger partial charge in [0.05, 0.1) is 12.3 Å². The molecule has 0 saturated heterocycles. The van der Waals surface area contributed by atoms with Crippen LogP contribution < -0.4 is 10.5 Å². The zero-order chi connectivity index (χ0) is 17.5. The van der Waals surface area contributed by atoms with Gasteiger partial charge < -0.3 is 14.9 Å². The van der Waals surface area contributed by atoms with Gasteiger partial charge in [-0.15, -0.1) is 0 Å². The van der Waals surface area contributed by atoms with E-state index < -0.39 is 8.32 Å². The van der Waals surface area contributed by atoms with E-state index in [-0.39, 0.29) is 5.04 Å². The quantitative estimate of drug-likeness (QED) is 0.424. The fourth-order valence-corrected chi connectivity index (χ4v) is 2.98. The molecule has 23 heavy (non-hydrogen) atoms.